The molecule has 9 heteroatoms. The van der Waals surface area contributed by atoms with Crippen molar-refractivity contribution in [1.82, 2.24) is 4.98 Å². The predicted molar refractivity (Wildman–Crippen MR) is 130 cm³/mol. The Morgan fingerprint density at radius 3 is 2.81 bits per heavy atom. The Kier molecular flexibility index (Phi) is 6.44. The third-order valence-corrected chi connectivity index (χ3v) is 6.96. The summed E-state index contributed by atoms with van der Waals surface area (Å²) in [5.74, 6) is -0.547. The SMILES string of the molecule is Cc1ccc(NC(=O)c2cncc(C(F)(F)F)c2)cc1-c1ccc2c(c1)N1CCOC[C@H]1C(CO)C2. The Balaban J connectivity index is 1.43. The topological polar surface area (TPSA) is 74.7 Å². The van der Waals surface area contributed by atoms with Gasteiger partial charge in [-0.05, 0) is 59.9 Å². The molecule has 2 aliphatic heterocycles. The maximum absolute atomic E-state index is 13.0. The highest BCUT2D eigenvalue weighted by molar-refractivity contribution is 6.04. The number of amides is 1. The molecular weight excluding hydrogens is 471 g/mol. The molecule has 2 N–H and O–H groups in total. The molecule has 1 amide bonds. The third kappa shape index (κ3) is 4.68. The van der Waals surface area contributed by atoms with Crippen LogP contribution < -0.4 is 10.2 Å². The molecule has 1 saturated heterocycles. The van der Waals surface area contributed by atoms with Crippen molar-refractivity contribution < 1.29 is 27.8 Å². The van der Waals surface area contributed by atoms with E-state index in [4.69, 9.17) is 4.74 Å². The number of fused-ring (bicyclic) bond motifs is 3. The van der Waals surface area contributed by atoms with E-state index >= 15 is 0 Å². The van der Waals surface area contributed by atoms with Crippen LogP contribution in [0.2, 0.25) is 0 Å². The van der Waals surface area contributed by atoms with Crippen molar-refractivity contribution in [3.05, 3.63) is 77.1 Å². The molecule has 0 spiro atoms. The van der Waals surface area contributed by atoms with E-state index in [9.17, 15) is 23.1 Å². The largest absolute Gasteiger partial charge is 0.417 e. The molecule has 1 unspecified atom stereocenters. The minimum atomic E-state index is -4.58. The number of anilines is 2. The highest BCUT2D eigenvalue weighted by Gasteiger charge is 2.36. The first-order chi connectivity index (χ1) is 17.2. The van der Waals surface area contributed by atoms with Crippen LogP contribution in [0.1, 0.15) is 27.0 Å². The van der Waals surface area contributed by atoms with Crippen molar-refractivity contribution in [3.63, 3.8) is 0 Å². The molecule has 0 radical (unpaired) electrons. The van der Waals surface area contributed by atoms with Gasteiger partial charge in [-0.15, -0.1) is 0 Å². The van der Waals surface area contributed by atoms with E-state index in [-0.39, 0.29) is 24.1 Å². The molecule has 3 aromatic rings. The Morgan fingerprint density at radius 1 is 1.19 bits per heavy atom. The van der Waals surface area contributed by atoms with E-state index in [1.54, 1.807) is 6.07 Å². The Hall–Kier alpha value is -3.43. The normalized spacial score (nSPS) is 19.4. The van der Waals surface area contributed by atoms with Gasteiger partial charge in [-0.1, -0.05) is 18.2 Å². The van der Waals surface area contributed by atoms with Gasteiger partial charge in [0.05, 0.1) is 30.4 Å². The fourth-order valence-electron chi connectivity index (χ4n) is 5.02. The first kappa shape index (κ1) is 24.3. The molecule has 2 aromatic carbocycles. The summed E-state index contributed by atoms with van der Waals surface area (Å²) >= 11 is 0. The quantitative estimate of drug-likeness (QED) is 0.547. The summed E-state index contributed by atoms with van der Waals surface area (Å²) in [5.41, 5.74) is 4.50. The van der Waals surface area contributed by atoms with E-state index in [0.29, 0.717) is 25.1 Å². The van der Waals surface area contributed by atoms with Gasteiger partial charge in [-0.2, -0.15) is 13.2 Å². The average molecular weight is 498 g/mol. The zero-order valence-corrected chi connectivity index (χ0v) is 19.7. The zero-order valence-electron chi connectivity index (χ0n) is 19.7. The number of aliphatic hydroxyl groups excluding tert-OH is 1. The van der Waals surface area contributed by atoms with Crippen LogP contribution in [-0.4, -0.2) is 48.4 Å². The summed E-state index contributed by atoms with van der Waals surface area (Å²) in [4.78, 5) is 18.6. The lowest BCUT2D eigenvalue weighted by Crippen LogP contribution is -2.53. The highest BCUT2D eigenvalue weighted by Crippen LogP contribution is 2.39. The minimum Gasteiger partial charge on any atom is -0.396 e. The fraction of sp³-hybridized carbons (Fsp3) is 0.333. The summed E-state index contributed by atoms with van der Waals surface area (Å²) in [6.07, 6.45) is -2.00. The summed E-state index contributed by atoms with van der Waals surface area (Å²) in [7, 11) is 0. The van der Waals surface area contributed by atoms with Crippen LogP contribution in [0.4, 0.5) is 24.5 Å². The molecule has 5 rings (SSSR count). The van der Waals surface area contributed by atoms with E-state index < -0.39 is 17.6 Å². The number of rotatable bonds is 4. The number of aryl methyl sites for hydroxylation is 1. The molecule has 2 aliphatic rings. The standard InChI is InChI=1S/C27H26F3N3O3/c1-16-2-5-22(32-26(35)19-9-21(13-31-12-19)27(28,29)30)11-23(16)17-3-4-18-8-20(14-34)25-15-36-7-6-33(25)24(18)10-17/h2-5,9-13,20,25,34H,6-8,14-15H2,1H3,(H,32,35)/t20?,25-/m0/s1. The number of aliphatic hydroxyl groups is 1. The van der Waals surface area contributed by atoms with Gasteiger partial charge < -0.3 is 20.1 Å². The smallest absolute Gasteiger partial charge is 0.396 e. The van der Waals surface area contributed by atoms with Crippen LogP contribution in [0.5, 0.6) is 0 Å². The van der Waals surface area contributed by atoms with Crippen LogP contribution >= 0.6 is 0 Å². The molecule has 3 heterocycles. The van der Waals surface area contributed by atoms with E-state index in [0.717, 1.165) is 47.6 Å². The number of benzene rings is 2. The van der Waals surface area contributed by atoms with Gasteiger partial charge in [0.15, 0.2) is 0 Å². The van der Waals surface area contributed by atoms with Crippen molar-refractivity contribution in [2.45, 2.75) is 25.6 Å². The fourth-order valence-corrected chi connectivity index (χ4v) is 5.02. The number of morpholine rings is 1. The number of carbonyl (C=O) groups excluding carboxylic acids is 1. The zero-order chi connectivity index (χ0) is 25.4. The van der Waals surface area contributed by atoms with Gasteiger partial charge in [0.25, 0.3) is 5.91 Å². The molecule has 1 fully saturated rings. The molecule has 6 nitrogen and oxygen atoms in total. The molecule has 1 aromatic heterocycles. The predicted octanol–water partition coefficient (Wildman–Crippen LogP) is 4.70. The van der Waals surface area contributed by atoms with Gasteiger partial charge in [-0.25, -0.2) is 0 Å². The number of pyridine rings is 1. The number of ether oxygens (including phenoxy) is 1. The lowest BCUT2D eigenvalue weighted by Gasteiger charge is -2.46. The molecular formula is C27H26F3N3O3. The molecule has 0 bridgehead atoms. The molecule has 36 heavy (non-hydrogen) atoms. The van der Waals surface area contributed by atoms with Gasteiger partial charge in [0.2, 0.25) is 0 Å². The number of hydrogen-bond acceptors (Lipinski definition) is 5. The lowest BCUT2D eigenvalue weighted by atomic mass is 9.84. The Bertz CT molecular complexity index is 1290. The molecule has 0 saturated carbocycles. The van der Waals surface area contributed by atoms with Gasteiger partial charge >= 0.3 is 6.18 Å². The van der Waals surface area contributed by atoms with Gasteiger partial charge in [-0.3, -0.25) is 9.78 Å². The van der Waals surface area contributed by atoms with E-state index in [1.807, 2.05) is 25.1 Å². The number of halogens is 3. The van der Waals surface area contributed by atoms with Crippen molar-refractivity contribution >= 4 is 17.3 Å². The summed E-state index contributed by atoms with van der Waals surface area (Å²) in [6.45, 7) is 4.03. The number of nitrogens with one attached hydrogen (secondary N) is 1. The average Bonchev–Trinajstić information content (AvgIpc) is 2.88. The second kappa shape index (κ2) is 9.55. The van der Waals surface area contributed by atoms with Crippen LogP contribution in [0, 0.1) is 12.8 Å². The maximum atomic E-state index is 13.0. The minimum absolute atomic E-state index is 0.105. The monoisotopic (exact) mass is 497 g/mol. The molecule has 2 atom stereocenters. The molecule has 188 valence electrons. The summed E-state index contributed by atoms with van der Waals surface area (Å²) in [5, 5.41) is 12.6. The second-order valence-electron chi connectivity index (χ2n) is 9.27. The van der Waals surface area contributed by atoms with Crippen molar-refractivity contribution in [2.75, 3.05) is 36.6 Å². The van der Waals surface area contributed by atoms with Crippen molar-refractivity contribution in [2.24, 2.45) is 5.92 Å². The highest BCUT2D eigenvalue weighted by atomic mass is 19.4. The summed E-state index contributed by atoms with van der Waals surface area (Å²) < 4.78 is 44.7. The van der Waals surface area contributed by atoms with Crippen molar-refractivity contribution in [1.29, 1.82) is 0 Å². The van der Waals surface area contributed by atoms with Crippen LogP contribution in [0.3, 0.4) is 0 Å². The van der Waals surface area contributed by atoms with Crippen molar-refractivity contribution in [3.8, 4) is 11.1 Å². The maximum Gasteiger partial charge on any atom is 0.417 e. The van der Waals surface area contributed by atoms with Gasteiger partial charge in [0.1, 0.15) is 0 Å². The van der Waals surface area contributed by atoms with Crippen LogP contribution in [0.25, 0.3) is 11.1 Å². The first-order valence-electron chi connectivity index (χ1n) is 11.8. The Morgan fingerprint density at radius 2 is 2.03 bits per heavy atom. The lowest BCUT2D eigenvalue weighted by molar-refractivity contribution is -0.137. The number of carbonyl (C=O) groups is 1. The van der Waals surface area contributed by atoms with E-state index in [1.165, 1.54) is 5.56 Å². The number of alkyl halides is 3. The molecule has 0 aliphatic carbocycles. The van der Waals surface area contributed by atoms with Gasteiger partial charge in [0, 0.05) is 42.8 Å². The number of hydrogen-bond donors (Lipinski definition) is 2. The van der Waals surface area contributed by atoms with E-state index in [2.05, 4.69) is 27.3 Å². The third-order valence-electron chi connectivity index (χ3n) is 6.96. The first-order valence-corrected chi connectivity index (χ1v) is 11.8. The number of aromatic nitrogens is 1. The second-order valence-corrected chi connectivity index (χ2v) is 9.27. The number of nitrogens with zero attached hydrogens (tertiary/aromatic N) is 2. The Labute approximate surface area is 206 Å². The van der Waals surface area contributed by atoms with Crippen LogP contribution in [0.15, 0.2) is 54.9 Å². The summed E-state index contributed by atoms with van der Waals surface area (Å²) in [6, 6.07) is 12.6. The van der Waals surface area contributed by atoms with Crippen LogP contribution in [-0.2, 0) is 17.3 Å².